The Morgan fingerprint density at radius 2 is 2.07 bits per heavy atom. The van der Waals surface area contributed by atoms with Crippen LogP contribution in [0.2, 0.25) is 0 Å². The van der Waals surface area contributed by atoms with Crippen LogP contribution < -0.4 is 11.1 Å². The third-order valence-corrected chi connectivity index (χ3v) is 1.77. The fourth-order valence-electron chi connectivity index (χ4n) is 0.888. The molecule has 0 aromatic heterocycles. The van der Waals surface area contributed by atoms with E-state index in [-0.39, 0.29) is 24.9 Å². The van der Waals surface area contributed by atoms with Gasteiger partial charge in [-0.15, -0.1) is 0 Å². The number of carbonyl (C=O) groups excluding carboxylic acids is 1. The SMILES string of the molecule is CN(C)C(=O)CC(CN)NCC(F)F. The Morgan fingerprint density at radius 1 is 1.50 bits per heavy atom. The minimum Gasteiger partial charge on any atom is -0.349 e. The molecule has 0 aliphatic carbocycles. The smallest absolute Gasteiger partial charge is 0.250 e. The summed E-state index contributed by atoms with van der Waals surface area (Å²) in [5, 5.41) is 2.53. The number of halogens is 2. The summed E-state index contributed by atoms with van der Waals surface area (Å²) in [7, 11) is 3.23. The molecule has 0 heterocycles. The highest BCUT2D eigenvalue weighted by Gasteiger charge is 2.14. The molecule has 0 fully saturated rings. The van der Waals surface area contributed by atoms with Crippen molar-refractivity contribution >= 4 is 5.91 Å². The van der Waals surface area contributed by atoms with Gasteiger partial charge in [0.1, 0.15) is 0 Å². The third-order valence-electron chi connectivity index (χ3n) is 1.77. The first-order valence-corrected chi connectivity index (χ1v) is 4.39. The number of hydrogen-bond donors (Lipinski definition) is 2. The van der Waals surface area contributed by atoms with Gasteiger partial charge in [-0.05, 0) is 0 Å². The molecule has 0 aromatic carbocycles. The van der Waals surface area contributed by atoms with Crippen molar-refractivity contribution in [1.82, 2.24) is 10.2 Å². The monoisotopic (exact) mass is 209 g/mol. The average Bonchev–Trinajstić information content (AvgIpc) is 2.11. The molecule has 14 heavy (non-hydrogen) atoms. The molecular formula is C8H17F2N3O. The zero-order valence-electron chi connectivity index (χ0n) is 8.46. The van der Waals surface area contributed by atoms with Crippen molar-refractivity contribution in [3.05, 3.63) is 0 Å². The summed E-state index contributed by atoms with van der Waals surface area (Å²) in [6.45, 7) is -0.255. The highest BCUT2D eigenvalue weighted by molar-refractivity contribution is 5.76. The van der Waals surface area contributed by atoms with Crippen molar-refractivity contribution in [2.75, 3.05) is 27.2 Å². The van der Waals surface area contributed by atoms with Crippen LogP contribution in [-0.4, -0.2) is 50.5 Å². The van der Waals surface area contributed by atoms with Crippen molar-refractivity contribution in [1.29, 1.82) is 0 Å². The van der Waals surface area contributed by atoms with E-state index in [4.69, 9.17) is 5.73 Å². The number of carbonyl (C=O) groups is 1. The molecule has 0 spiro atoms. The molecule has 0 aliphatic rings. The van der Waals surface area contributed by atoms with E-state index in [2.05, 4.69) is 5.32 Å². The number of amides is 1. The van der Waals surface area contributed by atoms with E-state index in [9.17, 15) is 13.6 Å². The van der Waals surface area contributed by atoms with Crippen LogP contribution >= 0.6 is 0 Å². The van der Waals surface area contributed by atoms with Crippen molar-refractivity contribution in [2.24, 2.45) is 5.73 Å². The van der Waals surface area contributed by atoms with Crippen LogP contribution in [0.25, 0.3) is 0 Å². The second-order valence-corrected chi connectivity index (χ2v) is 3.22. The Labute approximate surface area is 82.4 Å². The van der Waals surface area contributed by atoms with Gasteiger partial charge in [0.2, 0.25) is 5.91 Å². The lowest BCUT2D eigenvalue weighted by Crippen LogP contribution is -2.42. The molecule has 0 bridgehead atoms. The zero-order chi connectivity index (χ0) is 11.1. The fourth-order valence-corrected chi connectivity index (χ4v) is 0.888. The van der Waals surface area contributed by atoms with E-state index in [0.717, 1.165) is 0 Å². The summed E-state index contributed by atoms with van der Waals surface area (Å²) in [6, 6.07) is -0.376. The number of alkyl halides is 2. The predicted octanol–water partition coefficient (Wildman–Crippen LogP) is -0.353. The summed E-state index contributed by atoms with van der Waals surface area (Å²) in [6.07, 6.45) is -2.27. The van der Waals surface area contributed by atoms with Crippen LogP contribution in [0, 0.1) is 0 Å². The largest absolute Gasteiger partial charge is 0.349 e. The average molecular weight is 209 g/mol. The first kappa shape index (κ1) is 13.2. The molecule has 1 atom stereocenters. The molecule has 0 aliphatic heterocycles. The first-order valence-electron chi connectivity index (χ1n) is 4.39. The quantitative estimate of drug-likeness (QED) is 0.628. The molecule has 0 saturated heterocycles. The summed E-state index contributed by atoms with van der Waals surface area (Å²) in [5.41, 5.74) is 5.33. The van der Waals surface area contributed by atoms with Gasteiger partial charge in [-0.25, -0.2) is 8.78 Å². The van der Waals surface area contributed by atoms with E-state index in [1.54, 1.807) is 14.1 Å². The molecule has 6 heteroatoms. The van der Waals surface area contributed by atoms with Gasteiger partial charge in [-0.1, -0.05) is 0 Å². The van der Waals surface area contributed by atoms with Crippen LogP contribution in [0.3, 0.4) is 0 Å². The Balaban J connectivity index is 3.84. The molecule has 0 radical (unpaired) electrons. The highest BCUT2D eigenvalue weighted by atomic mass is 19.3. The number of rotatable bonds is 6. The zero-order valence-corrected chi connectivity index (χ0v) is 8.46. The van der Waals surface area contributed by atoms with Crippen LogP contribution in [0.5, 0.6) is 0 Å². The molecule has 0 rings (SSSR count). The molecule has 84 valence electrons. The Kier molecular flexibility index (Phi) is 6.31. The van der Waals surface area contributed by atoms with Gasteiger partial charge >= 0.3 is 0 Å². The minimum atomic E-state index is -2.42. The Morgan fingerprint density at radius 3 is 2.43 bits per heavy atom. The second-order valence-electron chi connectivity index (χ2n) is 3.22. The molecular weight excluding hydrogens is 192 g/mol. The Hall–Kier alpha value is -0.750. The lowest BCUT2D eigenvalue weighted by Gasteiger charge is -2.18. The third kappa shape index (κ3) is 5.82. The summed E-state index contributed by atoms with van der Waals surface area (Å²) in [4.78, 5) is 12.6. The van der Waals surface area contributed by atoms with E-state index in [1.165, 1.54) is 4.90 Å². The van der Waals surface area contributed by atoms with E-state index in [1.807, 2.05) is 0 Å². The Bertz CT molecular complexity index is 176. The molecule has 0 aromatic rings. The van der Waals surface area contributed by atoms with Gasteiger partial charge < -0.3 is 16.0 Å². The van der Waals surface area contributed by atoms with Crippen LogP contribution in [0.1, 0.15) is 6.42 Å². The fraction of sp³-hybridized carbons (Fsp3) is 0.875. The topological polar surface area (TPSA) is 58.4 Å². The lowest BCUT2D eigenvalue weighted by molar-refractivity contribution is -0.129. The van der Waals surface area contributed by atoms with Crippen LogP contribution in [0.15, 0.2) is 0 Å². The maximum atomic E-state index is 11.8. The van der Waals surface area contributed by atoms with E-state index >= 15 is 0 Å². The van der Waals surface area contributed by atoms with E-state index < -0.39 is 13.0 Å². The van der Waals surface area contributed by atoms with Crippen molar-refractivity contribution in [3.63, 3.8) is 0 Å². The number of hydrogen-bond acceptors (Lipinski definition) is 3. The normalized spacial score (nSPS) is 13.0. The molecule has 3 N–H and O–H groups in total. The van der Waals surface area contributed by atoms with Crippen molar-refractivity contribution in [3.8, 4) is 0 Å². The maximum absolute atomic E-state index is 11.8. The highest BCUT2D eigenvalue weighted by Crippen LogP contribution is 1.96. The van der Waals surface area contributed by atoms with Crippen LogP contribution in [-0.2, 0) is 4.79 Å². The lowest BCUT2D eigenvalue weighted by atomic mass is 10.2. The van der Waals surface area contributed by atoms with Gasteiger partial charge in [0.05, 0.1) is 6.54 Å². The van der Waals surface area contributed by atoms with Crippen molar-refractivity contribution in [2.45, 2.75) is 18.9 Å². The molecule has 0 saturated carbocycles. The molecule has 4 nitrogen and oxygen atoms in total. The predicted molar refractivity (Wildman–Crippen MR) is 50.2 cm³/mol. The van der Waals surface area contributed by atoms with Gasteiger partial charge in [0.25, 0.3) is 6.43 Å². The summed E-state index contributed by atoms with van der Waals surface area (Å²) < 4.78 is 23.7. The maximum Gasteiger partial charge on any atom is 0.250 e. The summed E-state index contributed by atoms with van der Waals surface area (Å²) in [5.74, 6) is -0.123. The van der Waals surface area contributed by atoms with Crippen molar-refractivity contribution < 1.29 is 13.6 Å². The van der Waals surface area contributed by atoms with E-state index in [0.29, 0.717) is 0 Å². The number of nitrogens with one attached hydrogen (secondary N) is 1. The molecule has 1 unspecified atom stereocenters. The van der Waals surface area contributed by atoms with Gasteiger partial charge in [0, 0.05) is 33.1 Å². The summed E-state index contributed by atoms with van der Waals surface area (Å²) >= 11 is 0. The first-order chi connectivity index (χ1) is 6.47. The van der Waals surface area contributed by atoms with Gasteiger partial charge in [-0.3, -0.25) is 4.79 Å². The minimum absolute atomic E-state index is 0.123. The number of nitrogens with two attached hydrogens (primary N) is 1. The standard InChI is InChI=1S/C8H17F2N3O/c1-13(2)8(14)3-6(4-11)12-5-7(9)10/h6-7,12H,3-5,11H2,1-2H3. The van der Waals surface area contributed by atoms with Gasteiger partial charge in [0.15, 0.2) is 0 Å². The van der Waals surface area contributed by atoms with Crippen LogP contribution in [0.4, 0.5) is 8.78 Å². The second kappa shape index (κ2) is 6.67. The number of nitrogens with zero attached hydrogens (tertiary/aromatic N) is 1. The van der Waals surface area contributed by atoms with Gasteiger partial charge in [-0.2, -0.15) is 0 Å². The molecule has 1 amide bonds.